The van der Waals surface area contributed by atoms with Gasteiger partial charge in [-0.1, -0.05) is 49.9 Å². The van der Waals surface area contributed by atoms with Crippen molar-refractivity contribution in [1.29, 1.82) is 0 Å². The van der Waals surface area contributed by atoms with Gasteiger partial charge in [0.05, 0.1) is 6.42 Å². The lowest BCUT2D eigenvalue weighted by molar-refractivity contribution is -0.136. The van der Waals surface area contributed by atoms with Gasteiger partial charge < -0.3 is 5.11 Å². The Morgan fingerprint density at radius 1 is 1.05 bits per heavy atom. The van der Waals surface area contributed by atoms with Crippen molar-refractivity contribution in [3.05, 3.63) is 35.4 Å². The van der Waals surface area contributed by atoms with Crippen LogP contribution in [0.5, 0.6) is 0 Å². The Hall–Kier alpha value is -1.35. The van der Waals surface area contributed by atoms with Gasteiger partial charge in [-0.2, -0.15) is 0 Å². The number of carboxylic acids is 1. The molecule has 1 spiro atoms. The maximum atomic E-state index is 11.0. The van der Waals surface area contributed by atoms with Gasteiger partial charge in [0.1, 0.15) is 0 Å². The van der Waals surface area contributed by atoms with Gasteiger partial charge in [0, 0.05) is 19.6 Å². The van der Waals surface area contributed by atoms with Crippen molar-refractivity contribution in [3.63, 3.8) is 0 Å². The van der Waals surface area contributed by atoms with Crippen LogP contribution in [0.1, 0.15) is 49.7 Å². The maximum absolute atomic E-state index is 11.0. The van der Waals surface area contributed by atoms with Gasteiger partial charge in [-0.15, -0.1) is 0 Å². The molecular formula is C18H25NO2. The molecule has 0 radical (unpaired) electrons. The van der Waals surface area contributed by atoms with Crippen LogP contribution in [0.15, 0.2) is 24.3 Å². The molecular weight excluding hydrogens is 262 g/mol. The smallest absolute Gasteiger partial charge is 0.307 e. The van der Waals surface area contributed by atoms with Gasteiger partial charge in [0.2, 0.25) is 0 Å². The lowest BCUT2D eigenvalue weighted by Crippen LogP contribution is -2.55. The third-order valence-electron chi connectivity index (χ3n) is 5.14. The molecule has 2 fully saturated rings. The number of aliphatic carboxylic acids is 1. The number of hydrogen-bond donors (Lipinski definition) is 1. The second kappa shape index (κ2) is 6.18. The van der Waals surface area contributed by atoms with E-state index in [1.807, 2.05) is 18.2 Å². The summed E-state index contributed by atoms with van der Waals surface area (Å²) in [7, 11) is 0. The van der Waals surface area contributed by atoms with Crippen LogP contribution in [-0.2, 0) is 17.8 Å². The topological polar surface area (TPSA) is 40.5 Å². The second-order valence-electron chi connectivity index (χ2n) is 6.90. The molecule has 3 rings (SSSR count). The van der Waals surface area contributed by atoms with Gasteiger partial charge in [0.15, 0.2) is 0 Å². The van der Waals surface area contributed by atoms with Crippen LogP contribution in [0.2, 0.25) is 0 Å². The summed E-state index contributed by atoms with van der Waals surface area (Å²) in [6, 6.07) is 7.98. The second-order valence-corrected chi connectivity index (χ2v) is 6.90. The quantitative estimate of drug-likeness (QED) is 0.922. The molecule has 0 aromatic heterocycles. The Balaban J connectivity index is 1.60. The Morgan fingerprint density at radius 2 is 1.67 bits per heavy atom. The van der Waals surface area contributed by atoms with Crippen molar-refractivity contribution >= 4 is 5.97 Å². The Kier molecular flexibility index (Phi) is 4.29. The minimum atomic E-state index is -0.744. The number of rotatable bonds is 4. The molecule has 0 amide bonds. The molecule has 21 heavy (non-hydrogen) atoms. The third-order valence-corrected chi connectivity index (χ3v) is 5.14. The molecule has 1 saturated heterocycles. The number of carboxylic acid groups (broad SMARTS) is 1. The Bertz CT molecular complexity index is 496. The van der Waals surface area contributed by atoms with Gasteiger partial charge >= 0.3 is 5.97 Å². The predicted molar refractivity (Wildman–Crippen MR) is 83.2 cm³/mol. The zero-order chi connectivity index (χ0) is 14.7. The first-order valence-corrected chi connectivity index (χ1v) is 8.18. The average molecular weight is 287 g/mol. The van der Waals surface area contributed by atoms with E-state index in [0.29, 0.717) is 5.41 Å². The van der Waals surface area contributed by atoms with Gasteiger partial charge in [-0.3, -0.25) is 9.69 Å². The molecule has 114 valence electrons. The first kappa shape index (κ1) is 14.6. The normalized spacial score (nSPS) is 21.7. The Morgan fingerprint density at radius 3 is 2.29 bits per heavy atom. The average Bonchev–Trinajstić information content (AvgIpc) is 2.66. The van der Waals surface area contributed by atoms with Crippen LogP contribution >= 0.6 is 0 Å². The van der Waals surface area contributed by atoms with Crippen LogP contribution in [0.3, 0.4) is 0 Å². The predicted octanol–water partition coefficient (Wildman–Crippen LogP) is 3.47. The first-order valence-electron chi connectivity index (χ1n) is 8.18. The van der Waals surface area contributed by atoms with E-state index < -0.39 is 5.97 Å². The highest BCUT2D eigenvalue weighted by molar-refractivity contribution is 5.70. The summed E-state index contributed by atoms with van der Waals surface area (Å²) in [6.07, 6.45) is 8.51. The maximum Gasteiger partial charge on any atom is 0.307 e. The molecule has 2 aliphatic rings. The van der Waals surface area contributed by atoms with E-state index >= 15 is 0 Å². The lowest BCUT2D eigenvalue weighted by Gasteiger charge is -2.50. The minimum Gasteiger partial charge on any atom is -0.481 e. The number of nitrogens with zero attached hydrogens (tertiary/aromatic N) is 1. The summed E-state index contributed by atoms with van der Waals surface area (Å²) in [5.41, 5.74) is 2.73. The zero-order valence-electron chi connectivity index (χ0n) is 12.7. The van der Waals surface area contributed by atoms with E-state index in [4.69, 9.17) is 5.11 Å². The highest BCUT2D eigenvalue weighted by Gasteiger charge is 2.42. The summed E-state index contributed by atoms with van der Waals surface area (Å²) in [6.45, 7) is 3.31. The SMILES string of the molecule is O=C(O)Cc1ccccc1CN1CC2(CCCCCC2)C1. The number of likely N-dealkylation sites (tertiary alicyclic amines) is 1. The molecule has 1 heterocycles. The van der Waals surface area contributed by atoms with E-state index in [9.17, 15) is 4.79 Å². The number of hydrogen-bond acceptors (Lipinski definition) is 2. The van der Waals surface area contributed by atoms with Crippen LogP contribution in [0.4, 0.5) is 0 Å². The minimum absolute atomic E-state index is 0.134. The van der Waals surface area contributed by atoms with Gasteiger partial charge in [-0.25, -0.2) is 0 Å². The zero-order valence-corrected chi connectivity index (χ0v) is 12.7. The van der Waals surface area contributed by atoms with Crippen molar-refractivity contribution in [2.45, 2.75) is 51.5 Å². The molecule has 1 aromatic rings. The van der Waals surface area contributed by atoms with Crippen LogP contribution < -0.4 is 0 Å². The molecule has 0 unspecified atom stereocenters. The molecule has 0 bridgehead atoms. The van der Waals surface area contributed by atoms with Crippen LogP contribution in [-0.4, -0.2) is 29.1 Å². The fraction of sp³-hybridized carbons (Fsp3) is 0.611. The van der Waals surface area contributed by atoms with Crippen molar-refractivity contribution in [2.75, 3.05) is 13.1 Å². The van der Waals surface area contributed by atoms with Crippen molar-refractivity contribution in [2.24, 2.45) is 5.41 Å². The van der Waals surface area contributed by atoms with E-state index in [1.165, 1.54) is 57.2 Å². The van der Waals surface area contributed by atoms with E-state index in [2.05, 4.69) is 11.0 Å². The molecule has 0 atom stereocenters. The molecule has 3 nitrogen and oxygen atoms in total. The molecule has 1 N–H and O–H groups in total. The summed E-state index contributed by atoms with van der Waals surface area (Å²) in [4.78, 5) is 13.4. The molecule has 1 saturated carbocycles. The summed E-state index contributed by atoms with van der Waals surface area (Å²) >= 11 is 0. The monoisotopic (exact) mass is 287 g/mol. The van der Waals surface area contributed by atoms with Crippen molar-refractivity contribution < 1.29 is 9.90 Å². The Labute approximate surface area is 127 Å². The van der Waals surface area contributed by atoms with Gasteiger partial charge in [0.25, 0.3) is 0 Å². The molecule has 1 aromatic carbocycles. The number of carbonyl (C=O) groups is 1. The summed E-state index contributed by atoms with van der Waals surface area (Å²) in [5.74, 6) is -0.744. The third kappa shape index (κ3) is 3.46. The highest BCUT2D eigenvalue weighted by atomic mass is 16.4. The lowest BCUT2D eigenvalue weighted by atomic mass is 9.73. The molecule has 3 heteroatoms. The first-order chi connectivity index (χ1) is 10.2. The van der Waals surface area contributed by atoms with E-state index in [1.54, 1.807) is 0 Å². The van der Waals surface area contributed by atoms with E-state index in [-0.39, 0.29) is 6.42 Å². The summed E-state index contributed by atoms with van der Waals surface area (Å²) < 4.78 is 0. The highest BCUT2D eigenvalue weighted by Crippen LogP contribution is 2.43. The van der Waals surface area contributed by atoms with E-state index in [0.717, 1.165) is 12.1 Å². The standard InChI is InChI=1S/C18H25NO2/c20-17(21)11-15-7-3-4-8-16(15)12-19-13-18(14-19)9-5-1-2-6-10-18/h3-4,7-8H,1-2,5-6,9-14H2,(H,20,21). The van der Waals surface area contributed by atoms with Gasteiger partial charge in [-0.05, 0) is 29.4 Å². The fourth-order valence-corrected chi connectivity index (χ4v) is 4.10. The van der Waals surface area contributed by atoms with Crippen molar-refractivity contribution in [1.82, 2.24) is 4.90 Å². The van der Waals surface area contributed by atoms with Crippen LogP contribution in [0.25, 0.3) is 0 Å². The number of benzene rings is 1. The van der Waals surface area contributed by atoms with Crippen molar-refractivity contribution in [3.8, 4) is 0 Å². The molecule has 1 aliphatic carbocycles. The summed E-state index contributed by atoms with van der Waals surface area (Å²) in [5, 5.41) is 9.01. The largest absolute Gasteiger partial charge is 0.481 e. The fourth-order valence-electron chi connectivity index (χ4n) is 4.10. The molecule has 1 aliphatic heterocycles. The van der Waals surface area contributed by atoms with Crippen LogP contribution in [0, 0.1) is 5.41 Å².